The highest BCUT2D eigenvalue weighted by Gasteiger charge is 2.54. The molecule has 0 aromatic heterocycles. The highest BCUT2D eigenvalue weighted by Crippen LogP contribution is 2.59. The minimum atomic E-state index is -0.00999. The Morgan fingerprint density at radius 1 is 1.23 bits per heavy atom. The molecule has 3 aliphatic carbocycles. The Balaban J connectivity index is 1.66. The SMILES string of the molecule is CCOc1ccc2c(c1)CC[C@H]1[C@H]3CCC(=O)[C@@]3(C)CC[C@@H]21. The van der Waals surface area contributed by atoms with Gasteiger partial charge in [-0.25, -0.2) is 0 Å². The van der Waals surface area contributed by atoms with E-state index in [4.69, 9.17) is 4.74 Å². The van der Waals surface area contributed by atoms with Gasteiger partial charge in [0.25, 0.3) is 0 Å². The van der Waals surface area contributed by atoms with Crippen LogP contribution >= 0.6 is 0 Å². The van der Waals surface area contributed by atoms with Crippen LogP contribution in [0.1, 0.15) is 63.0 Å². The first-order valence-electron chi connectivity index (χ1n) is 8.92. The summed E-state index contributed by atoms with van der Waals surface area (Å²) in [5, 5.41) is 0. The zero-order valence-corrected chi connectivity index (χ0v) is 13.7. The molecule has 118 valence electrons. The third-order valence-electron chi connectivity index (χ3n) is 6.72. The lowest BCUT2D eigenvalue weighted by atomic mass is 9.55. The van der Waals surface area contributed by atoms with Crippen LogP contribution in [0.4, 0.5) is 0 Å². The summed E-state index contributed by atoms with van der Waals surface area (Å²) in [7, 11) is 0. The van der Waals surface area contributed by atoms with Gasteiger partial charge in [0.05, 0.1) is 6.61 Å². The maximum Gasteiger partial charge on any atom is 0.139 e. The Morgan fingerprint density at radius 3 is 2.91 bits per heavy atom. The summed E-state index contributed by atoms with van der Waals surface area (Å²) in [6, 6.07) is 6.69. The van der Waals surface area contributed by atoms with E-state index in [-0.39, 0.29) is 5.41 Å². The molecule has 0 N–H and O–H groups in total. The molecule has 2 saturated carbocycles. The molecule has 0 radical (unpaired) electrons. The van der Waals surface area contributed by atoms with Crippen LogP contribution in [0.25, 0.3) is 0 Å². The third-order valence-corrected chi connectivity index (χ3v) is 6.72. The molecule has 0 saturated heterocycles. The number of carbonyl (C=O) groups is 1. The first kappa shape index (κ1) is 14.3. The molecule has 0 unspecified atom stereocenters. The maximum atomic E-state index is 12.4. The Bertz CT molecular complexity index is 606. The standard InChI is InChI=1S/C20H26O2/c1-3-22-14-5-7-15-13(12-14)4-6-17-16(15)10-11-20(2)18(17)8-9-19(20)21/h5,7,12,16-18H,3-4,6,8-11H2,1-2H3/t16-,17+,18+,20-/m0/s1. The lowest BCUT2D eigenvalue weighted by Gasteiger charge is -2.48. The fraction of sp³-hybridized carbons (Fsp3) is 0.650. The van der Waals surface area contributed by atoms with Crippen LogP contribution in [0.2, 0.25) is 0 Å². The summed E-state index contributed by atoms with van der Waals surface area (Å²) in [6.45, 7) is 5.01. The number of rotatable bonds is 2. The van der Waals surface area contributed by atoms with Crippen molar-refractivity contribution in [3.63, 3.8) is 0 Å². The molecule has 3 aliphatic rings. The van der Waals surface area contributed by atoms with Gasteiger partial charge in [-0.15, -0.1) is 0 Å². The van der Waals surface area contributed by atoms with E-state index in [0.29, 0.717) is 17.6 Å². The molecular formula is C20H26O2. The fourth-order valence-corrected chi connectivity index (χ4v) is 5.59. The van der Waals surface area contributed by atoms with Crippen LogP contribution in [0.3, 0.4) is 0 Å². The van der Waals surface area contributed by atoms with E-state index in [1.165, 1.54) is 18.4 Å². The van der Waals surface area contributed by atoms with Gasteiger partial charge in [0, 0.05) is 11.8 Å². The van der Waals surface area contributed by atoms with Crippen LogP contribution in [-0.4, -0.2) is 12.4 Å². The van der Waals surface area contributed by atoms with E-state index < -0.39 is 0 Å². The van der Waals surface area contributed by atoms with E-state index in [2.05, 4.69) is 25.1 Å². The first-order chi connectivity index (χ1) is 10.6. The largest absolute Gasteiger partial charge is 0.494 e. The molecule has 4 rings (SSSR count). The van der Waals surface area contributed by atoms with Crippen molar-refractivity contribution in [2.24, 2.45) is 17.3 Å². The van der Waals surface area contributed by atoms with Crippen LogP contribution in [-0.2, 0) is 11.2 Å². The molecule has 0 spiro atoms. The molecule has 0 heterocycles. The first-order valence-corrected chi connectivity index (χ1v) is 8.92. The summed E-state index contributed by atoms with van der Waals surface area (Å²) in [5.41, 5.74) is 3.02. The second-order valence-corrected chi connectivity index (χ2v) is 7.63. The van der Waals surface area contributed by atoms with Crippen LogP contribution < -0.4 is 4.74 Å². The Labute approximate surface area is 133 Å². The molecule has 1 aromatic rings. The number of ketones is 1. The number of Topliss-reactive ketones (excluding diaryl/α,β-unsaturated/α-hetero) is 1. The van der Waals surface area contributed by atoms with Crippen LogP contribution in [0, 0.1) is 17.3 Å². The number of hydrogen-bond donors (Lipinski definition) is 0. The minimum absolute atomic E-state index is 0.00999. The van der Waals surface area contributed by atoms with Crippen molar-refractivity contribution in [3.05, 3.63) is 29.3 Å². The Hall–Kier alpha value is -1.31. The summed E-state index contributed by atoms with van der Waals surface area (Å²) in [4.78, 5) is 12.4. The molecule has 1 aromatic carbocycles. The maximum absolute atomic E-state index is 12.4. The highest BCUT2D eigenvalue weighted by atomic mass is 16.5. The van der Waals surface area contributed by atoms with Crippen molar-refractivity contribution >= 4 is 5.78 Å². The van der Waals surface area contributed by atoms with Gasteiger partial charge in [0.2, 0.25) is 0 Å². The smallest absolute Gasteiger partial charge is 0.139 e. The van der Waals surface area contributed by atoms with Gasteiger partial charge in [-0.1, -0.05) is 13.0 Å². The average molecular weight is 298 g/mol. The highest BCUT2D eigenvalue weighted by molar-refractivity contribution is 5.87. The molecule has 2 fully saturated rings. The topological polar surface area (TPSA) is 26.3 Å². The van der Waals surface area contributed by atoms with E-state index >= 15 is 0 Å². The lowest BCUT2D eigenvalue weighted by Crippen LogP contribution is -2.42. The second-order valence-electron chi connectivity index (χ2n) is 7.63. The van der Waals surface area contributed by atoms with E-state index in [1.54, 1.807) is 5.56 Å². The van der Waals surface area contributed by atoms with Gasteiger partial charge in [-0.3, -0.25) is 4.79 Å². The molecule has 4 atom stereocenters. The summed E-state index contributed by atoms with van der Waals surface area (Å²) in [5.74, 6) is 3.56. The van der Waals surface area contributed by atoms with Crippen molar-refractivity contribution in [1.29, 1.82) is 0 Å². The fourth-order valence-electron chi connectivity index (χ4n) is 5.59. The monoisotopic (exact) mass is 298 g/mol. The van der Waals surface area contributed by atoms with Gasteiger partial charge in [0.1, 0.15) is 11.5 Å². The predicted octanol–water partition coefficient (Wildman–Crippen LogP) is 4.51. The van der Waals surface area contributed by atoms with Gasteiger partial charge < -0.3 is 4.74 Å². The average Bonchev–Trinajstić information content (AvgIpc) is 2.83. The summed E-state index contributed by atoms with van der Waals surface area (Å²) >= 11 is 0. The van der Waals surface area contributed by atoms with Gasteiger partial charge >= 0.3 is 0 Å². The predicted molar refractivity (Wildman–Crippen MR) is 87.2 cm³/mol. The molecule has 0 bridgehead atoms. The number of carbonyl (C=O) groups excluding carboxylic acids is 1. The van der Waals surface area contributed by atoms with E-state index in [1.807, 2.05) is 6.92 Å². The van der Waals surface area contributed by atoms with Crippen molar-refractivity contribution < 1.29 is 9.53 Å². The second kappa shape index (κ2) is 5.11. The molecule has 22 heavy (non-hydrogen) atoms. The molecule has 2 nitrogen and oxygen atoms in total. The zero-order chi connectivity index (χ0) is 15.3. The summed E-state index contributed by atoms with van der Waals surface area (Å²) < 4.78 is 5.66. The normalized spacial score (nSPS) is 36.5. The number of fused-ring (bicyclic) bond motifs is 5. The van der Waals surface area contributed by atoms with Gasteiger partial charge in [-0.2, -0.15) is 0 Å². The zero-order valence-electron chi connectivity index (χ0n) is 13.7. The number of hydrogen-bond acceptors (Lipinski definition) is 2. The Morgan fingerprint density at radius 2 is 2.09 bits per heavy atom. The quantitative estimate of drug-likeness (QED) is 0.803. The third kappa shape index (κ3) is 1.96. The van der Waals surface area contributed by atoms with E-state index in [9.17, 15) is 4.79 Å². The Kier molecular flexibility index (Phi) is 3.32. The summed E-state index contributed by atoms with van der Waals surface area (Å²) in [6.07, 6.45) is 6.62. The van der Waals surface area contributed by atoms with Crippen molar-refractivity contribution in [3.8, 4) is 5.75 Å². The van der Waals surface area contributed by atoms with Gasteiger partial charge in [-0.05, 0) is 80.0 Å². The lowest BCUT2D eigenvalue weighted by molar-refractivity contribution is -0.129. The van der Waals surface area contributed by atoms with Crippen molar-refractivity contribution in [2.45, 2.75) is 58.3 Å². The number of benzene rings is 1. The van der Waals surface area contributed by atoms with Crippen molar-refractivity contribution in [1.82, 2.24) is 0 Å². The van der Waals surface area contributed by atoms with Crippen LogP contribution in [0.15, 0.2) is 18.2 Å². The molecule has 0 aliphatic heterocycles. The van der Waals surface area contributed by atoms with E-state index in [0.717, 1.165) is 44.0 Å². The molecular weight excluding hydrogens is 272 g/mol. The molecule has 2 heteroatoms. The van der Waals surface area contributed by atoms with Gasteiger partial charge in [0.15, 0.2) is 0 Å². The number of aryl methyl sites for hydroxylation is 1. The minimum Gasteiger partial charge on any atom is -0.494 e. The van der Waals surface area contributed by atoms with Crippen LogP contribution in [0.5, 0.6) is 5.75 Å². The van der Waals surface area contributed by atoms with Crippen molar-refractivity contribution in [2.75, 3.05) is 6.61 Å². The number of ether oxygens (including phenoxy) is 1. The molecule has 0 amide bonds.